The molecule has 0 radical (unpaired) electrons. The van der Waals surface area contributed by atoms with E-state index in [1.54, 1.807) is 84.9 Å². The summed E-state index contributed by atoms with van der Waals surface area (Å²) < 4.78 is 0. The molecule has 7 nitrogen and oxygen atoms in total. The summed E-state index contributed by atoms with van der Waals surface area (Å²) in [5.41, 5.74) is 4.67. The third-order valence-corrected chi connectivity index (χ3v) is 8.74. The van der Waals surface area contributed by atoms with Crippen LogP contribution in [0.2, 0.25) is 5.02 Å². The third kappa shape index (κ3) is 8.47. The lowest BCUT2D eigenvalue weighted by Gasteiger charge is -2.22. The van der Waals surface area contributed by atoms with Crippen LogP contribution in [0.15, 0.2) is 140 Å². The number of nitrogens with one attached hydrogen (secondary N) is 1. The SMILES string of the molecule is O=C(O)C(=C(C(=O)NC(CCc1ccccc1C(=O)O)c1cccc(/C=C/c2ccc3ccc(Cl)cc3n2)c1)c1ccccc1)c1ccccc1. The molecular formula is C43H33ClN2O5. The zero-order chi connectivity index (χ0) is 35.7. The maximum absolute atomic E-state index is 14.4. The van der Waals surface area contributed by atoms with Gasteiger partial charge in [-0.3, -0.25) is 4.79 Å². The Labute approximate surface area is 300 Å². The molecule has 0 saturated carbocycles. The van der Waals surface area contributed by atoms with E-state index in [1.807, 2.05) is 66.7 Å². The van der Waals surface area contributed by atoms with Crippen molar-refractivity contribution < 1.29 is 24.6 Å². The lowest BCUT2D eigenvalue weighted by atomic mass is 9.92. The average Bonchev–Trinajstić information content (AvgIpc) is 3.15. The molecule has 1 amide bonds. The summed E-state index contributed by atoms with van der Waals surface area (Å²) >= 11 is 6.19. The second-order valence-corrected chi connectivity index (χ2v) is 12.3. The first-order chi connectivity index (χ1) is 24.8. The van der Waals surface area contributed by atoms with Gasteiger partial charge in [0.25, 0.3) is 5.91 Å². The number of carboxylic acid groups (broad SMARTS) is 2. The summed E-state index contributed by atoms with van der Waals surface area (Å²) in [7, 11) is 0. The minimum Gasteiger partial charge on any atom is -0.478 e. The maximum Gasteiger partial charge on any atom is 0.337 e. The number of pyridine rings is 1. The van der Waals surface area contributed by atoms with Gasteiger partial charge in [-0.05, 0) is 77.1 Å². The van der Waals surface area contributed by atoms with Crippen LogP contribution in [0.3, 0.4) is 0 Å². The van der Waals surface area contributed by atoms with E-state index in [2.05, 4.69) is 5.32 Å². The van der Waals surface area contributed by atoms with Crippen molar-refractivity contribution >= 4 is 63.6 Å². The van der Waals surface area contributed by atoms with Gasteiger partial charge in [0.1, 0.15) is 0 Å². The van der Waals surface area contributed by atoms with Gasteiger partial charge in [-0.15, -0.1) is 0 Å². The van der Waals surface area contributed by atoms with Crippen LogP contribution in [0.25, 0.3) is 34.2 Å². The molecule has 1 atom stereocenters. The fourth-order valence-corrected chi connectivity index (χ4v) is 6.20. The number of carboxylic acids is 2. The van der Waals surface area contributed by atoms with Crippen molar-refractivity contribution in [3.63, 3.8) is 0 Å². The molecule has 3 N–H and O–H groups in total. The molecule has 0 aliphatic carbocycles. The molecule has 6 aromatic rings. The standard InChI is InChI=1S/C43H33ClN2O5/c44-34-22-19-30-20-24-35(45-38(30)27-34)23-18-28-10-9-16-33(26-28)37(25-21-29-11-7-8-17-36(29)42(48)49)46-41(47)39(31-12-3-1-4-13-31)40(43(50)51)32-14-5-2-6-15-32/h1-20,22-24,26-27,37H,21,25H2,(H,46,47)(H,48,49)(H,50,51)/b23-18+,40-39?. The Morgan fingerprint density at radius 1 is 0.706 bits per heavy atom. The fraction of sp³-hybridized carbons (Fsp3) is 0.0698. The largest absolute Gasteiger partial charge is 0.478 e. The molecular weight excluding hydrogens is 660 g/mol. The lowest BCUT2D eigenvalue weighted by molar-refractivity contribution is -0.130. The van der Waals surface area contributed by atoms with Gasteiger partial charge >= 0.3 is 11.9 Å². The fourth-order valence-electron chi connectivity index (χ4n) is 6.03. The number of aryl methyl sites for hydroxylation is 1. The summed E-state index contributed by atoms with van der Waals surface area (Å²) in [6.45, 7) is 0. The number of amides is 1. The Kier molecular flexibility index (Phi) is 10.8. The number of aromatic nitrogens is 1. The zero-order valence-corrected chi connectivity index (χ0v) is 28.1. The summed E-state index contributed by atoms with van der Waals surface area (Å²) in [6, 6.07) is 40.6. The maximum atomic E-state index is 14.4. The van der Waals surface area contributed by atoms with Crippen molar-refractivity contribution in [1.82, 2.24) is 10.3 Å². The first kappa shape index (κ1) is 34.5. The van der Waals surface area contributed by atoms with Crippen molar-refractivity contribution in [1.29, 1.82) is 0 Å². The molecule has 0 aliphatic heterocycles. The van der Waals surface area contributed by atoms with E-state index in [4.69, 9.17) is 16.6 Å². The minimum atomic E-state index is -1.24. The molecule has 0 bridgehead atoms. The van der Waals surface area contributed by atoms with Gasteiger partial charge in [-0.1, -0.05) is 127 Å². The highest BCUT2D eigenvalue weighted by molar-refractivity contribution is 6.38. The number of nitrogens with zero attached hydrogens (tertiary/aromatic N) is 1. The van der Waals surface area contributed by atoms with Crippen LogP contribution in [0.1, 0.15) is 56.3 Å². The van der Waals surface area contributed by atoms with Crippen LogP contribution in [-0.4, -0.2) is 33.0 Å². The number of hydrogen-bond acceptors (Lipinski definition) is 4. The second-order valence-electron chi connectivity index (χ2n) is 11.9. The van der Waals surface area contributed by atoms with Crippen LogP contribution in [0.4, 0.5) is 0 Å². The average molecular weight is 693 g/mol. The molecule has 8 heteroatoms. The number of fused-ring (bicyclic) bond motifs is 1. The smallest absolute Gasteiger partial charge is 0.337 e. The van der Waals surface area contributed by atoms with Crippen molar-refractivity contribution in [3.05, 3.63) is 184 Å². The number of halogens is 1. The van der Waals surface area contributed by atoms with Gasteiger partial charge in [0.15, 0.2) is 0 Å². The topological polar surface area (TPSA) is 117 Å². The van der Waals surface area contributed by atoms with Gasteiger partial charge in [0.2, 0.25) is 0 Å². The van der Waals surface area contributed by atoms with Gasteiger partial charge in [-0.25, -0.2) is 14.6 Å². The Hall–Kier alpha value is -6.31. The molecule has 0 fully saturated rings. The predicted molar refractivity (Wildman–Crippen MR) is 202 cm³/mol. The first-order valence-electron chi connectivity index (χ1n) is 16.3. The summed E-state index contributed by atoms with van der Waals surface area (Å²) in [5.74, 6) is -2.84. The number of rotatable bonds is 12. The van der Waals surface area contributed by atoms with Crippen LogP contribution in [0, 0.1) is 0 Å². The van der Waals surface area contributed by atoms with Crippen LogP contribution in [0.5, 0.6) is 0 Å². The van der Waals surface area contributed by atoms with E-state index in [0.29, 0.717) is 34.6 Å². The van der Waals surface area contributed by atoms with Crippen LogP contribution >= 0.6 is 11.6 Å². The van der Waals surface area contributed by atoms with Crippen LogP contribution < -0.4 is 5.32 Å². The molecule has 1 heterocycles. The van der Waals surface area contributed by atoms with E-state index < -0.39 is 23.9 Å². The van der Waals surface area contributed by atoms with Crippen molar-refractivity contribution in [2.45, 2.75) is 18.9 Å². The summed E-state index contributed by atoms with van der Waals surface area (Å²) in [5, 5.41) is 25.0. The van der Waals surface area contributed by atoms with E-state index in [0.717, 1.165) is 27.7 Å². The Morgan fingerprint density at radius 3 is 2.08 bits per heavy atom. The molecule has 252 valence electrons. The van der Waals surface area contributed by atoms with Gasteiger partial charge in [-0.2, -0.15) is 0 Å². The Morgan fingerprint density at radius 2 is 1.37 bits per heavy atom. The zero-order valence-electron chi connectivity index (χ0n) is 27.4. The van der Waals surface area contributed by atoms with Gasteiger partial charge in [0.05, 0.1) is 34.0 Å². The molecule has 0 saturated heterocycles. The van der Waals surface area contributed by atoms with Gasteiger partial charge in [0, 0.05) is 10.4 Å². The number of carbonyl (C=O) groups excluding carboxylic acids is 1. The molecule has 1 unspecified atom stereocenters. The Bertz CT molecular complexity index is 2280. The number of hydrogen-bond donors (Lipinski definition) is 3. The van der Waals surface area contributed by atoms with E-state index >= 15 is 0 Å². The summed E-state index contributed by atoms with van der Waals surface area (Å²) in [4.78, 5) is 43.9. The van der Waals surface area contributed by atoms with E-state index in [-0.39, 0.29) is 16.7 Å². The monoisotopic (exact) mass is 692 g/mol. The van der Waals surface area contributed by atoms with Crippen molar-refractivity contribution in [2.24, 2.45) is 0 Å². The molecule has 5 aromatic carbocycles. The van der Waals surface area contributed by atoms with E-state index in [9.17, 15) is 24.6 Å². The second kappa shape index (κ2) is 15.9. The van der Waals surface area contributed by atoms with Crippen molar-refractivity contribution in [3.8, 4) is 0 Å². The summed E-state index contributed by atoms with van der Waals surface area (Å²) in [6.07, 6.45) is 4.50. The molecule has 51 heavy (non-hydrogen) atoms. The molecule has 0 aliphatic rings. The first-order valence-corrected chi connectivity index (χ1v) is 16.7. The highest BCUT2D eigenvalue weighted by atomic mass is 35.5. The Balaban J connectivity index is 1.38. The third-order valence-electron chi connectivity index (χ3n) is 8.51. The number of benzene rings is 5. The molecule has 0 spiro atoms. The number of carbonyl (C=O) groups is 3. The number of aliphatic carboxylic acids is 1. The molecule has 1 aromatic heterocycles. The quantitative estimate of drug-likeness (QED) is 0.0870. The number of aromatic carboxylic acids is 1. The van der Waals surface area contributed by atoms with E-state index in [1.165, 1.54) is 0 Å². The predicted octanol–water partition coefficient (Wildman–Crippen LogP) is 9.24. The van der Waals surface area contributed by atoms with Crippen molar-refractivity contribution in [2.75, 3.05) is 0 Å². The molecule has 6 rings (SSSR count). The van der Waals surface area contributed by atoms with Gasteiger partial charge < -0.3 is 15.5 Å². The highest BCUT2D eigenvalue weighted by Crippen LogP contribution is 2.30. The normalized spacial score (nSPS) is 12.3. The van der Waals surface area contributed by atoms with Crippen LogP contribution in [-0.2, 0) is 16.0 Å². The minimum absolute atomic E-state index is 0.0174. The highest BCUT2D eigenvalue weighted by Gasteiger charge is 2.26. The lowest BCUT2D eigenvalue weighted by Crippen LogP contribution is -2.31.